The number of aromatic nitrogens is 2. The van der Waals surface area contributed by atoms with Crippen molar-refractivity contribution in [1.29, 1.82) is 0 Å². The van der Waals surface area contributed by atoms with Gasteiger partial charge in [0.15, 0.2) is 0 Å². The van der Waals surface area contributed by atoms with E-state index in [2.05, 4.69) is 20.0 Å². The Balaban J connectivity index is 1.15. The maximum Gasteiger partial charge on any atom is 0.573 e. The van der Waals surface area contributed by atoms with Gasteiger partial charge in [0.1, 0.15) is 23.3 Å². The maximum atomic E-state index is 15.1. The summed E-state index contributed by atoms with van der Waals surface area (Å²) in [4.78, 5) is 22.1. The van der Waals surface area contributed by atoms with Crippen molar-refractivity contribution >= 4 is 16.9 Å². The number of carbonyl (C=O) groups excluding carboxylic acids is 1. The number of aromatic amines is 1. The first-order chi connectivity index (χ1) is 17.7. The molecule has 3 aromatic rings. The molecule has 37 heavy (non-hydrogen) atoms. The molecular formula is C26H26F4N4O3. The highest BCUT2D eigenvalue weighted by Crippen LogP contribution is 2.45. The quantitative estimate of drug-likeness (QED) is 0.485. The second-order valence-corrected chi connectivity index (χ2v) is 10.1. The summed E-state index contributed by atoms with van der Waals surface area (Å²) in [5, 5.41) is 4.16. The molecule has 2 aromatic heterocycles. The van der Waals surface area contributed by atoms with Gasteiger partial charge >= 0.3 is 6.36 Å². The van der Waals surface area contributed by atoms with Crippen molar-refractivity contribution in [2.75, 3.05) is 26.2 Å². The third-order valence-electron chi connectivity index (χ3n) is 7.52. The van der Waals surface area contributed by atoms with Gasteiger partial charge in [-0.25, -0.2) is 9.37 Å². The zero-order valence-corrected chi connectivity index (χ0v) is 19.9. The Morgan fingerprint density at radius 3 is 2.57 bits per heavy atom. The topological polar surface area (TPSA) is 79.5 Å². The molecule has 2 saturated heterocycles. The summed E-state index contributed by atoms with van der Waals surface area (Å²) >= 11 is 0. The van der Waals surface area contributed by atoms with Gasteiger partial charge in [0, 0.05) is 48.4 Å². The lowest BCUT2D eigenvalue weighted by Crippen LogP contribution is -2.42. The van der Waals surface area contributed by atoms with Crippen LogP contribution in [0.15, 0.2) is 36.5 Å². The molecule has 2 N–H and O–H groups in total. The van der Waals surface area contributed by atoms with E-state index in [1.54, 1.807) is 4.90 Å². The van der Waals surface area contributed by atoms with E-state index in [9.17, 15) is 18.0 Å². The van der Waals surface area contributed by atoms with Crippen LogP contribution in [-0.4, -0.2) is 58.9 Å². The molecule has 4 heterocycles. The Labute approximate surface area is 210 Å². The minimum Gasteiger partial charge on any atom is -0.406 e. The number of morpholine rings is 1. The summed E-state index contributed by atoms with van der Waals surface area (Å²) in [6, 6.07) is 6.82. The number of alkyl halides is 3. The van der Waals surface area contributed by atoms with Crippen LogP contribution < -0.4 is 10.1 Å². The normalized spacial score (nSPS) is 21.9. The summed E-state index contributed by atoms with van der Waals surface area (Å²) in [6.45, 7) is 2.34. The fourth-order valence-corrected chi connectivity index (χ4v) is 5.46. The second-order valence-electron chi connectivity index (χ2n) is 10.1. The summed E-state index contributed by atoms with van der Waals surface area (Å²) in [6.07, 6.45) is -0.503. The lowest BCUT2D eigenvalue weighted by Gasteiger charge is -2.32. The first-order valence-electron chi connectivity index (χ1n) is 12.4. The van der Waals surface area contributed by atoms with Crippen molar-refractivity contribution in [1.82, 2.24) is 20.2 Å². The van der Waals surface area contributed by atoms with E-state index in [-0.39, 0.29) is 40.7 Å². The predicted octanol–water partition coefficient (Wildman–Crippen LogP) is 4.81. The summed E-state index contributed by atoms with van der Waals surface area (Å²) in [5.41, 5.74) is 2.28. The molecule has 2 aliphatic heterocycles. The van der Waals surface area contributed by atoms with E-state index in [0.29, 0.717) is 43.7 Å². The van der Waals surface area contributed by atoms with Crippen molar-refractivity contribution < 1.29 is 31.8 Å². The molecular weight excluding hydrogens is 492 g/mol. The van der Waals surface area contributed by atoms with Crippen LogP contribution in [0.1, 0.15) is 59.3 Å². The SMILES string of the molecule is O=C(c1ccc(OC(F)(F)F)cc1)N1CCC(c2c(F)cnc3[nH]c(C4CNCC5(CC5)O4)cc23)CC1. The average molecular weight is 519 g/mol. The molecule has 6 rings (SSSR count). The van der Waals surface area contributed by atoms with Crippen LogP contribution >= 0.6 is 0 Å². The van der Waals surface area contributed by atoms with Crippen molar-refractivity contribution in [2.45, 2.75) is 49.7 Å². The zero-order valence-electron chi connectivity index (χ0n) is 19.9. The number of nitrogens with zero attached hydrogens (tertiary/aromatic N) is 2. The van der Waals surface area contributed by atoms with Gasteiger partial charge in [-0.15, -0.1) is 13.2 Å². The number of rotatable bonds is 4. The fraction of sp³-hybridized carbons (Fsp3) is 0.462. The molecule has 11 heteroatoms. The Bertz CT molecular complexity index is 1310. The Hall–Kier alpha value is -3.18. The molecule has 1 atom stereocenters. The minimum absolute atomic E-state index is 0.0766. The van der Waals surface area contributed by atoms with Crippen LogP contribution in [0.5, 0.6) is 5.75 Å². The van der Waals surface area contributed by atoms with Crippen LogP contribution in [-0.2, 0) is 4.74 Å². The van der Waals surface area contributed by atoms with Crippen LogP contribution in [0.25, 0.3) is 11.0 Å². The molecule has 1 amide bonds. The number of H-pyrrole nitrogens is 1. The molecule has 196 valence electrons. The predicted molar refractivity (Wildman–Crippen MR) is 126 cm³/mol. The van der Waals surface area contributed by atoms with E-state index in [1.165, 1.54) is 18.3 Å². The lowest BCUT2D eigenvalue weighted by atomic mass is 9.87. The van der Waals surface area contributed by atoms with Gasteiger partial charge < -0.3 is 24.7 Å². The summed E-state index contributed by atoms with van der Waals surface area (Å²) in [7, 11) is 0. The fourth-order valence-electron chi connectivity index (χ4n) is 5.46. The molecule has 1 saturated carbocycles. The number of pyridine rings is 1. The van der Waals surface area contributed by atoms with Gasteiger partial charge in [0.25, 0.3) is 5.91 Å². The zero-order chi connectivity index (χ0) is 25.8. The third-order valence-corrected chi connectivity index (χ3v) is 7.52. The standard InChI is InChI=1S/C26H26F4N4O3/c27-19-12-32-23-18(11-20(33-23)21-13-31-14-25(37-21)7-8-25)22(19)15-5-9-34(10-6-15)24(35)16-1-3-17(4-2-16)36-26(28,29)30/h1-4,11-12,15,21,31H,5-10,13-14H2,(H,32,33). The number of benzene rings is 1. The smallest absolute Gasteiger partial charge is 0.406 e. The van der Waals surface area contributed by atoms with Crippen molar-refractivity contribution in [3.05, 3.63) is 59.2 Å². The lowest BCUT2D eigenvalue weighted by molar-refractivity contribution is -0.274. The number of carbonyl (C=O) groups is 1. The highest BCUT2D eigenvalue weighted by Gasteiger charge is 2.48. The molecule has 7 nitrogen and oxygen atoms in total. The van der Waals surface area contributed by atoms with Crippen LogP contribution in [0.4, 0.5) is 17.6 Å². The number of likely N-dealkylation sites (tertiary alicyclic amines) is 1. The van der Waals surface area contributed by atoms with Crippen LogP contribution in [0.3, 0.4) is 0 Å². The minimum atomic E-state index is -4.79. The van der Waals surface area contributed by atoms with Gasteiger partial charge in [-0.3, -0.25) is 4.79 Å². The Kier molecular flexibility index (Phi) is 5.87. The van der Waals surface area contributed by atoms with Gasteiger partial charge in [-0.2, -0.15) is 0 Å². The number of piperidine rings is 1. The first kappa shape index (κ1) is 24.2. The molecule has 1 spiro atoms. The summed E-state index contributed by atoms with van der Waals surface area (Å²) in [5.74, 6) is -1.13. The van der Waals surface area contributed by atoms with Crippen molar-refractivity contribution in [3.63, 3.8) is 0 Å². The number of amides is 1. The monoisotopic (exact) mass is 518 g/mol. The number of fused-ring (bicyclic) bond motifs is 1. The van der Waals surface area contributed by atoms with Gasteiger partial charge in [-0.1, -0.05) is 0 Å². The van der Waals surface area contributed by atoms with Gasteiger partial charge in [-0.05, 0) is 61.9 Å². The number of nitrogens with one attached hydrogen (secondary N) is 2. The van der Waals surface area contributed by atoms with E-state index < -0.39 is 6.36 Å². The first-order valence-corrected chi connectivity index (χ1v) is 12.4. The number of hydrogen-bond donors (Lipinski definition) is 2. The molecule has 0 bridgehead atoms. The third kappa shape index (κ3) is 4.89. The van der Waals surface area contributed by atoms with E-state index in [0.717, 1.165) is 42.6 Å². The van der Waals surface area contributed by atoms with Gasteiger partial charge in [0.2, 0.25) is 0 Å². The number of halogens is 4. The molecule has 3 fully saturated rings. The Morgan fingerprint density at radius 2 is 1.89 bits per heavy atom. The Morgan fingerprint density at radius 1 is 1.16 bits per heavy atom. The summed E-state index contributed by atoms with van der Waals surface area (Å²) < 4.78 is 62.4. The largest absolute Gasteiger partial charge is 0.573 e. The molecule has 3 aliphatic rings. The van der Waals surface area contributed by atoms with E-state index in [4.69, 9.17) is 4.74 Å². The highest BCUT2D eigenvalue weighted by molar-refractivity contribution is 5.94. The molecule has 1 aliphatic carbocycles. The van der Waals surface area contributed by atoms with Crippen LogP contribution in [0, 0.1) is 5.82 Å². The molecule has 1 aromatic carbocycles. The average Bonchev–Trinajstić information content (AvgIpc) is 3.46. The van der Waals surface area contributed by atoms with E-state index in [1.807, 2.05) is 6.07 Å². The molecule has 1 unspecified atom stereocenters. The maximum absolute atomic E-state index is 15.1. The molecule has 0 radical (unpaired) electrons. The number of hydrogen-bond acceptors (Lipinski definition) is 5. The highest BCUT2D eigenvalue weighted by atomic mass is 19.4. The second kappa shape index (κ2) is 8.98. The van der Waals surface area contributed by atoms with Gasteiger partial charge in [0.05, 0.1) is 11.8 Å². The number of ether oxygens (including phenoxy) is 2. The van der Waals surface area contributed by atoms with E-state index >= 15 is 4.39 Å². The van der Waals surface area contributed by atoms with Crippen LogP contribution in [0.2, 0.25) is 0 Å². The van der Waals surface area contributed by atoms with Crippen molar-refractivity contribution in [3.8, 4) is 5.75 Å². The van der Waals surface area contributed by atoms with Crippen molar-refractivity contribution in [2.24, 2.45) is 0 Å².